The van der Waals surface area contributed by atoms with Crippen molar-refractivity contribution in [2.24, 2.45) is 0 Å². The average molecular weight is 259 g/mol. The summed E-state index contributed by atoms with van der Waals surface area (Å²) < 4.78 is 10.1. The summed E-state index contributed by atoms with van der Waals surface area (Å²) in [6.45, 7) is 9.57. The van der Waals surface area contributed by atoms with Gasteiger partial charge in [0.1, 0.15) is 0 Å². The summed E-state index contributed by atoms with van der Waals surface area (Å²) in [5, 5.41) is 0. The van der Waals surface area contributed by atoms with E-state index in [4.69, 9.17) is 9.47 Å². The van der Waals surface area contributed by atoms with Crippen LogP contribution in [0.15, 0.2) is 0 Å². The topological polar surface area (TPSA) is 38.8 Å². The van der Waals surface area contributed by atoms with Gasteiger partial charge in [-0.05, 0) is 39.8 Å². The van der Waals surface area contributed by atoms with E-state index in [1.54, 1.807) is 7.11 Å². The van der Waals surface area contributed by atoms with Crippen molar-refractivity contribution >= 4 is 5.97 Å². The summed E-state index contributed by atoms with van der Waals surface area (Å²) in [5.74, 6) is -0.0717. The number of rotatable bonds is 11. The van der Waals surface area contributed by atoms with Gasteiger partial charge < -0.3 is 9.47 Å². The molecular weight excluding hydrogens is 230 g/mol. The Bertz CT molecular complexity index is 209. The number of hydrogen-bond acceptors (Lipinski definition) is 4. The molecule has 0 aliphatic carbocycles. The molecule has 0 aliphatic rings. The molecule has 0 heterocycles. The van der Waals surface area contributed by atoms with E-state index >= 15 is 0 Å². The Balaban J connectivity index is 3.59. The predicted octanol–water partition coefficient (Wildman–Crippen LogP) is 2.47. The van der Waals surface area contributed by atoms with Crippen LogP contribution in [0.2, 0.25) is 0 Å². The zero-order valence-electron chi connectivity index (χ0n) is 12.4. The first-order valence-corrected chi connectivity index (χ1v) is 7.04. The quantitative estimate of drug-likeness (QED) is 0.422. The monoisotopic (exact) mass is 259 g/mol. The molecular formula is C14H29NO3. The van der Waals surface area contributed by atoms with E-state index in [2.05, 4.69) is 18.7 Å². The van der Waals surface area contributed by atoms with Crippen molar-refractivity contribution in [3.8, 4) is 0 Å². The zero-order chi connectivity index (χ0) is 13.8. The van der Waals surface area contributed by atoms with Gasteiger partial charge in [0, 0.05) is 19.6 Å². The smallest absolute Gasteiger partial charge is 0.305 e. The van der Waals surface area contributed by atoms with Crippen LogP contribution >= 0.6 is 0 Å². The number of ether oxygens (including phenoxy) is 2. The van der Waals surface area contributed by atoms with Gasteiger partial charge in [0.05, 0.1) is 13.2 Å². The minimum atomic E-state index is -0.0717. The van der Waals surface area contributed by atoms with E-state index in [1.165, 1.54) is 0 Å². The van der Waals surface area contributed by atoms with Gasteiger partial charge in [-0.2, -0.15) is 0 Å². The van der Waals surface area contributed by atoms with Crippen molar-refractivity contribution in [2.45, 2.75) is 52.5 Å². The summed E-state index contributed by atoms with van der Waals surface area (Å²) in [6, 6.07) is 0.463. The third-order valence-electron chi connectivity index (χ3n) is 3.07. The van der Waals surface area contributed by atoms with Crippen LogP contribution in [0.4, 0.5) is 0 Å². The molecule has 0 saturated heterocycles. The lowest BCUT2D eigenvalue weighted by Gasteiger charge is -2.27. The predicted molar refractivity (Wildman–Crippen MR) is 73.7 cm³/mol. The first kappa shape index (κ1) is 17.4. The number of esters is 1. The van der Waals surface area contributed by atoms with Crippen LogP contribution in [-0.2, 0) is 14.3 Å². The fraction of sp³-hybridized carbons (Fsp3) is 0.929. The van der Waals surface area contributed by atoms with Gasteiger partial charge in [-0.15, -0.1) is 0 Å². The Kier molecular flexibility index (Phi) is 11.1. The van der Waals surface area contributed by atoms with Gasteiger partial charge in [0.25, 0.3) is 0 Å². The summed E-state index contributed by atoms with van der Waals surface area (Å²) in [7, 11) is 1.74. The maximum Gasteiger partial charge on any atom is 0.305 e. The standard InChI is InChI=1S/C14H29NO3/c1-5-15(13(3)12-17-4)11-9-7-8-10-14(16)18-6-2/h13H,5-12H2,1-4H3. The summed E-state index contributed by atoms with van der Waals surface area (Å²) in [4.78, 5) is 13.6. The second-order valence-electron chi connectivity index (χ2n) is 4.55. The molecule has 1 unspecified atom stereocenters. The molecule has 0 aliphatic heterocycles. The highest BCUT2D eigenvalue weighted by molar-refractivity contribution is 5.69. The van der Waals surface area contributed by atoms with Crippen LogP contribution in [-0.4, -0.2) is 50.3 Å². The highest BCUT2D eigenvalue weighted by atomic mass is 16.5. The second kappa shape index (κ2) is 11.5. The lowest BCUT2D eigenvalue weighted by Crippen LogP contribution is -2.36. The lowest BCUT2D eigenvalue weighted by atomic mass is 10.1. The molecule has 0 aromatic rings. The second-order valence-corrected chi connectivity index (χ2v) is 4.55. The largest absolute Gasteiger partial charge is 0.466 e. The van der Waals surface area contributed by atoms with E-state index in [1.807, 2.05) is 6.92 Å². The number of methoxy groups -OCH3 is 1. The first-order valence-electron chi connectivity index (χ1n) is 7.04. The fourth-order valence-corrected chi connectivity index (χ4v) is 2.03. The Hall–Kier alpha value is -0.610. The summed E-state index contributed by atoms with van der Waals surface area (Å²) in [5.41, 5.74) is 0. The Labute approximate surface area is 112 Å². The average Bonchev–Trinajstić information content (AvgIpc) is 2.34. The number of hydrogen-bond donors (Lipinski definition) is 0. The molecule has 4 nitrogen and oxygen atoms in total. The van der Waals surface area contributed by atoms with Crippen molar-refractivity contribution in [1.29, 1.82) is 0 Å². The number of likely N-dealkylation sites (N-methyl/N-ethyl adjacent to an activating group) is 1. The van der Waals surface area contributed by atoms with Crippen LogP contribution in [0.1, 0.15) is 46.5 Å². The third kappa shape index (κ3) is 8.48. The van der Waals surface area contributed by atoms with Gasteiger partial charge in [-0.3, -0.25) is 9.69 Å². The molecule has 0 N–H and O–H groups in total. The Morgan fingerprint density at radius 3 is 2.50 bits per heavy atom. The van der Waals surface area contributed by atoms with Crippen LogP contribution in [0, 0.1) is 0 Å². The fourth-order valence-electron chi connectivity index (χ4n) is 2.03. The molecule has 0 radical (unpaired) electrons. The molecule has 0 saturated carbocycles. The van der Waals surface area contributed by atoms with Gasteiger partial charge in [-0.25, -0.2) is 0 Å². The molecule has 0 rings (SSSR count). The van der Waals surface area contributed by atoms with E-state index < -0.39 is 0 Å². The maximum atomic E-state index is 11.1. The number of nitrogens with zero attached hydrogens (tertiary/aromatic N) is 1. The highest BCUT2D eigenvalue weighted by Gasteiger charge is 2.11. The Morgan fingerprint density at radius 2 is 1.94 bits per heavy atom. The zero-order valence-corrected chi connectivity index (χ0v) is 12.4. The van der Waals surface area contributed by atoms with E-state index in [0.29, 0.717) is 19.1 Å². The van der Waals surface area contributed by atoms with Crippen molar-refractivity contribution in [3.05, 3.63) is 0 Å². The molecule has 0 aromatic heterocycles. The van der Waals surface area contributed by atoms with E-state index in [0.717, 1.165) is 39.0 Å². The van der Waals surface area contributed by atoms with Crippen LogP contribution in [0.3, 0.4) is 0 Å². The molecule has 4 heteroatoms. The van der Waals surface area contributed by atoms with Gasteiger partial charge in [0.2, 0.25) is 0 Å². The molecule has 0 spiro atoms. The minimum absolute atomic E-state index is 0.0717. The molecule has 108 valence electrons. The first-order chi connectivity index (χ1) is 8.65. The normalized spacial score (nSPS) is 12.7. The summed E-state index contributed by atoms with van der Waals surface area (Å²) >= 11 is 0. The van der Waals surface area contributed by atoms with Crippen molar-refractivity contribution in [2.75, 3.05) is 33.4 Å². The molecule has 0 fully saturated rings. The minimum Gasteiger partial charge on any atom is -0.466 e. The van der Waals surface area contributed by atoms with Crippen LogP contribution in [0.25, 0.3) is 0 Å². The molecule has 1 atom stereocenters. The van der Waals surface area contributed by atoms with E-state index in [-0.39, 0.29) is 5.97 Å². The van der Waals surface area contributed by atoms with Crippen molar-refractivity contribution < 1.29 is 14.3 Å². The van der Waals surface area contributed by atoms with Crippen molar-refractivity contribution in [3.63, 3.8) is 0 Å². The SMILES string of the molecule is CCOC(=O)CCCCCN(CC)C(C)COC. The highest BCUT2D eigenvalue weighted by Crippen LogP contribution is 2.06. The van der Waals surface area contributed by atoms with Crippen LogP contribution in [0.5, 0.6) is 0 Å². The molecule has 0 amide bonds. The lowest BCUT2D eigenvalue weighted by molar-refractivity contribution is -0.143. The summed E-state index contributed by atoms with van der Waals surface area (Å²) in [6.07, 6.45) is 3.68. The molecule has 0 bridgehead atoms. The molecule has 18 heavy (non-hydrogen) atoms. The van der Waals surface area contributed by atoms with Crippen molar-refractivity contribution in [1.82, 2.24) is 4.90 Å². The number of carbonyl (C=O) groups excluding carboxylic acids is 1. The number of unbranched alkanes of at least 4 members (excludes halogenated alkanes) is 2. The third-order valence-corrected chi connectivity index (χ3v) is 3.07. The van der Waals surface area contributed by atoms with E-state index in [9.17, 15) is 4.79 Å². The van der Waals surface area contributed by atoms with Gasteiger partial charge in [0.15, 0.2) is 0 Å². The van der Waals surface area contributed by atoms with Gasteiger partial charge in [-0.1, -0.05) is 13.3 Å². The van der Waals surface area contributed by atoms with Crippen LogP contribution < -0.4 is 0 Å². The molecule has 0 aromatic carbocycles. The Morgan fingerprint density at radius 1 is 1.22 bits per heavy atom. The maximum absolute atomic E-state index is 11.1. The number of carbonyl (C=O) groups is 1. The van der Waals surface area contributed by atoms with Gasteiger partial charge >= 0.3 is 5.97 Å².